The van der Waals surface area contributed by atoms with E-state index in [9.17, 15) is 30.8 Å². The highest BCUT2D eigenvalue weighted by Crippen LogP contribution is 2.31. The summed E-state index contributed by atoms with van der Waals surface area (Å²) in [5.41, 5.74) is -0.0301. The fourth-order valence-corrected chi connectivity index (χ4v) is 4.46. The van der Waals surface area contributed by atoms with E-state index in [1.165, 1.54) is 24.3 Å². The summed E-state index contributed by atoms with van der Waals surface area (Å²) in [5, 5.41) is 3.76. The van der Waals surface area contributed by atoms with Gasteiger partial charge in [0.2, 0.25) is 10.0 Å². The zero-order valence-corrected chi connectivity index (χ0v) is 16.9. The molecule has 6 nitrogen and oxygen atoms in total. The molecule has 1 saturated heterocycles. The van der Waals surface area contributed by atoms with E-state index in [0.717, 1.165) is 22.5 Å². The van der Waals surface area contributed by atoms with E-state index in [0.29, 0.717) is 17.3 Å². The molecule has 1 aliphatic rings. The summed E-state index contributed by atoms with van der Waals surface area (Å²) in [6.07, 6.45) is -4.41. The molecule has 0 aromatic heterocycles. The fourth-order valence-electron chi connectivity index (χ4n) is 2.97. The maximum atomic E-state index is 12.9. The van der Waals surface area contributed by atoms with Crippen molar-refractivity contribution in [1.82, 2.24) is 4.31 Å². The number of carbonyl (C=O) groups is 1. The van der Waals surface area contributed by atoms with Crippen LogP contribution in [0.25, 0.3) is 0 Å². The smallest absolute Gasteiger partial charge is 0.318 e. The van der Waals surface area contributed by atoms with Crippen molar-refractivity contribution in [3.63, 3.8) is 0 Å². The third-order valence-electron chi connectivity index (χ3n) is 4.64. The van der Waals surface area contributed by atoms with E-state index in [4.69, 9.17) is 4.84 Å². The van der Waals surface area contributed by atoms with E-state index in [-0.39, 0.29) is 32.4 Å². The van der Waals surface area contributed by atoms with E-state index in [1.807, 2.05) is 0 Å². The minimum atomic E-state index is -4.65. The SMILES string of the molecule is O=C(Cc1ccc(F)cc1)ON=C1CCN(S(=O)(=O)c2cccc(C(F)(F)F)c2)CC1. The monoisotopic (exact) mass is 458 g/mol. The van der Waals surface area contributed by atoms with Crippen LogP contribution in [0, 0.1) is 5.82 Å². The normalized spacial score (nSPS) is 15.5. The van der Waals surface area contributed by atoms with Gasteiger partial charge in [0.1, 0.15) is 5.82 Å². The summed E-state index contributed by atoms with van der Waals surface area (Å²) in [6.45, 7) is -0.0140. The molecule has 0 bridgehead atoms. The van der Waals surface area contributed by atoms with Crippen molar-refractivity contribution < 1.29 is 35.6 Å². The second-order valence-corrected chi connectivity index (χ2v) is 8.79. The summed E-state index contributed by atoms with van der Waals surface area (Å²) < 4.78 is 77.9. The first-order valence-electron chi connectivity index (χ1n) is 9.23. The summed E-state index contributed by atoms with van der Waals surface area (Å²) in [5.74, 6) is -1.08. The van der Waals surface area contributed by atoms with Gasteiger partial charge in [0.25, 0.3) is 0 Å². The molecular formula is C20H18F4N2O4S. The van der Waals surface area contributed by atoms with Gasteiger partial charge in [0, 0.05) is 25.9 Å². The molecule has 31 heavy (non-hydrogen) atoms. The number of halogens is 4. The Morgan fingerprint density at radius 2 is 1.71 bits per heavy atom. The van der Waals surface area contributed by atoms with Crippen molar-refractivity contribution in [1.29, 1.82) is 0 Å². The zero-order chi connectivity index (χ0) is 22.6. The summed E-state index contributed by atoms with van der Waals surface area (Å²) >= 11 is 0. The van der Waals surface area contributed by atoms with Crippen LogP contribution < -0.4 is 0 Å². The number of piperidine rings is 1. The predicted molar refractivity (Wildman–Crippen MR) is 103 cm³/mol. The topological polar surface area (TPSA) is 76.0 Å². The number of rotatable bonds is 5. The Morgan fingerprint density at radius 1 is 1.06 bits per heavy atom. The Hall–Kier alpha value is -2.79. The molecule has 1 fully saturated rings. The van der Waals surface area contributed by atoms with E-state index < -0.39 is 38.4 Å². The molecule has 3 rings (SSSR count). The summed E-state index contributed by atoms with van der Waals surface area (Å²) in [4.78, 5) is 16.2. The molecule has 0 radical (unpaired) electrons. The van der Waals surface area contributed by atoms with Crippen LogP contribution in [0.5, 0.6) is 0 Å². The molecule has 1 heterocycles. The van der Waals surface area contributed by atoms with Crippen molar-refractivity contribution in [2.75, 3.05) is 13.1 Å². The van der Waals surface area contributed by atoms with E-state index in [2.05, 4.69) is 5.16 Å². The van der Waals surface area contributed by atoms with Crippen LogP contribution in [-0.4, -0.2) is 37.5 Å². The number of sulfonamides is 1. The van der Waals surface area contributed by atoms with Gasteiger partial charge in [-0.1, -0.05) is 23.4 Å². The predicted octanol–water partition coefficient (Wildman–Crippen LogP) is 3.77. The number of benzene rings is 2. The van der Waals surface area contributed by atoms with E-state index in [1.54, 1.807) is 0 Å². The minimum absolute atomic E-state index is 0.00702. The molecule has 0 spiro atoms. The number of alkyl halides is 3. The van der Waals surface area contributed by atoms with Crippen LogP contribution in [-0.2, 0) is 32.3 Å². The summed E-state index contributed by atoms with van der Waals surface area (Å²) in [6, 6.07) is 8.90. The average Bonchev–Trinajstić information content (AvgIpc) is 2.74. The molecule has 1 aliphatic heterocycles. The highest BCUT2D eigenvalue weighted by atomic mass is 32.2. The van der Waals surface area contributed by atoms with Crippen LogP contribution in [0.3, 0.4) is 0 Å². The molecular weight excluding hydrogens is 440 g/mol. The lowest BCUT2D eigenvalue weighted by Crippen LogP contribution is -2.38. The Kier molecular flexibility index (Phi) is 6.75. The van der Waals surface area contributed by atoms with Crippen LogP contribution in [0.4, 0.5) is 17.6 Å². The lowest BCUT2D eigenvalue weighted by atomic mass is 10.1. The molecule has 0 N–H and O–H groups in total. The van der Waals surface area contributed by atoms with Crippen molar-refractivity contribution >= 4 is 21.7 Å². The Bertz CT molecular complexity index is 1070. The number of carbonyl (C=O) groups excluding carboxylic acids is 1. The quantitative estimate of drug-likeness (QED) is 0.388. The van der Waals surface area contributed by atoms with Gasteiger partial charge in [-0.2, -0.15) is 17.5 Å². The first-order valence-corrected chi connectivity index (χ1v) is 10.7. The molecule has 0 amide bonds. The average molecular weight is 458 g/mol. The van der Waals surface area contributed by atoms with Gasteiger partial charge in [-0.25, -0.2) is 17.6 Å². The zero-order valence-electron chi connectivity index (χ0n) is 16.1. The van der Waals surface area contributed by atoms with Crippen molar-refractivity contribution in [2.24, 2.45) is 5.16 Å². The molecule has 166 valence electrons. The highest BCUT2D eigenvalue weighted by Gasteiger charge is 2.33. The second-order valence-electron chi connectivity index (χ2n) is 6.85. The third kappa shape index (κ3) is 5.88. The maximum absolute atomic E-state index is 12.9. The molecule has 2 aromatic carbocycles. The minimum Gasteiger partial charge on any atom is -0.318 e. The lowest BCUT2D eigenvalue weighted by molar-refractivity contribution is -0.143. The Balaban J connectivity index is 1.58. The lowest BCUT2D eigenvalue weighted by Gasteiger charge is -2.26. The first-order chi connectivity index (χ1) is 14.6. The van der Waals surface area contributed by atoms with Gasteiger partial charge < -0.3 is 4.84 Å². The van der Waals surface area contributed by atoms with Crippen molar-refractivity contribution in [2.45, 2.75) is 30.3 Å². The largest absolute Gasteiger partial charge is 0.416 e. The summed E-state index contributed by atoms with van der Waals surface area (Å²) in [7, 11) is -4.10. The molecule has 0 saturated carbocycles. The standard InChI is InChI=1S/C20H18F4N2O4S/c21-16-6-4-14(5-7-16)12-19(27)30-25-17-8-10-26(11-9-17)31(28,29)18-3-1-2-15(13-18)20(22,23)24/h1-7,13H,8-12H2. The fraction of sp³-hybridized carbons (Fsp3) is 0.300. The van der Waals surface area contributed by atoms with Crippen LogP contribution >= 0.6 is 0 Å². The Labute approximate surface area is 176 Å². The number of oxime groups is 1. The molecule has 0 unspecified atom stereocenters. The third-order valence-corrected chi connectivity index (χ3v) is 6.53. The van der Waals surface area contributed by atoms with Crippen LogP contribution in [0.15, 0.2) is 58.6 Å². The van der Waals surface area contributed by atoms with Gasteiger partial charge >= 0.3 is 12.1 Å². The van der Waals surface area contributed by atoms with Crippen LogP contribution in [0.2, 0.25) is 0 Å². The van der Waals surface area contributed by atoms with Crippen LogP contribution in [0.1, 0.15) is 24.0 Å². The van der Waals surface area contributed by atoms with Crippen molar-refractivity contribution in [3.05, 3.63) is 65.5 Å². The molecule has 0 aliphatic carbocycles. The Morgan fingerprint density at radius 3 is 2.32 bits per heavy atom. The first kappa shape index (κ1) is 22.9. The van der Waals surface area contributed by atoms with Gasteiger partial charge in [0.15, 0.2) is 0 Å². The van der Waals surface area contributed by atoms with Gasteiger partial charge in [-0.15, -0.1) is 0 Å². The molecule has 0 atom stereocenters. The number of hydrogen-bond donors (Lipinski definition) is 0. The number of hydrogen-bond acceptors (Lipinski definition) is 5. The molecule has 2 aromatic rings. The van der Waals surface area contributed by atoms with Gasteiger partial charge in [-0.05, 0) is 35.9 Å². The molecule has 11 heteroatoms. The second kappa shape index (κ2) is 9.15. The van der Waals surface area contributed by atoms with Crippen molar-refractivity contribution in [3.8, 4) is 0 Å². The van der Waals surface area contributed by atoms with E-state index >= 15 is 0 Å². The van der Waals surface area contributed by atoms with Gasteiger partial charge in [0.05, 0.1) is 22.6 Å². The maximum Gasteiger partial charge on any atom is 0.416 e. The highest BCUT2D eigenvalue weighted by molar-refractivity contribution is 7.89. The van der Waals surface area contributed by atoms with Gasteiger partial charge in [-0.3, -0.25) is 0 Å². The number of nitrogens with zero attached hydrogens (tertiary/aromatic N) is 2.